The number of carbonyl (C=O) groups is 3. The fourth-order valence-corrected chi connectivity index (χ4v) is 5.35. The molecule has 2 heterocycles. The van der Waals surface area contributed by atoms with Gasteiger partial charge in [-0.2, -0.15) is 26.3 Å². The summed E-state index contributed by atoms with van der Waals surface area (Å²) in [6.07, 6.45) is -10.8. The van der Waals surface area contributed by atoms with Crippen LogP contribution in [0.1, 0.15) is 35.1 Å². The van der Waals surface area contributed by atoms with E-state index < -0.39 is 53.8 Å². The van der Waals surface area contributed by atoms with Gasteiger partial charge in [-0.1, -0.05) is 23.7 Å². The van der Waals surface area contributed by atoms with Crippen molar-refractivity contribution < 1.29 is 40.7 Å². The lowest BCUT2D eigenvalue weighted by molar-refractivity contribution is -0.167. The molecular weight excluding hydrogens is 604 g/mol. The maximum atomic E-state index is 13.6. The zero-order valence-electron chi connectivity index (χ0n) is 23.3. The van der Waals surface area contributed by atoms with Crippen molar-refractivity contribution in [3.8, 4) is 0 Å². The fourth-order valence-electron chi connectivity index (χ4n) is 5.23. The van der Waals surface area contributed by atoms with Gasteiger partial charge >= 0.3 is 18.4 Å². The number of fused-ring (bicyclic) bond motifs is 1. The number of carbonyl (C=O) groups excluding carboxylic acids is 3. The first-order valence-corrected chi connectivity index (χ1v) is 13.7. The number of nitrogens with zero attached hydrogens (tertiary/aromatic N) is 4. The van der Waals surface area contributed by atoms with Gasteiger partial charge in [0, 0.05) is 31.1 Å². The number of hydrogen-bond acceptors (Lipinski definition) is 4. The molecule has 0 aliphatic carbocycles. The van der Waals surface area contributed by atoms with Crippen molar-refractivity contribution in [1.29, 1.82) is 0 Å². The molecule has 1 N–H and O–H groups in total. The van der Waals surface area contributed by atoms with Gasteiger partial charge in [-0.05, 0) is 68.5 Å². The number of benzene rings is 2. The zero-order valence-corrected chi connectivity index (χ0v) is 24.1. The average Bonchev–Trinajstić information content (AvgIpc) is 2.92. The van der Waals surface area contributed by atoms with Crippen LogP contribution in [0.3, 0.4) is 0 Å². The van der Waals surface area contributed by atoms with E-state index in [2.05, 4.69) is 5.32 Å². The second-order valence-electron chi connectivity index (χ2n) is 10.8. The Bertz CT molecular complexity index is 1320. The third-order valence-electron chi connectivity index (χ3n) is 7.34. The number of urea groups is 1. The molecule has 2 saturated heterocycles. The predicted octanol–water partition coefficient (Wildman–Crippen LogP) is 4.81. The Morgan fingerprint density at radius 1 is 0.977 bits per heavy atom. The Labute approximate surface area is 249 Å². The summed E-state index contributed by atoms with van der Waals surface area (Å²) in [5, 5.41) is 2.92. The van der Waals surface area contributed by atoms with Gasteiger partial charge in [-0.25, -0.2) is 4.79 Å². The monoisotopic (exact) mass is 633 g/mol. The number of piperazine rings is 1. The number of hydrogen-bond donors (Lipinski definition) is 1. The molecule has 8 nitrogen and oxygen atoms in total. The van der Waals surface area contributed by atoms with E-state index in [0.29, 0.717) is 23.7 Å². The van der Waals surface area contributed by atoms with Crippen LogP contribution >= 0.6 is 11.6 Å². The lowest BCUT2D eigenvalue weighted by Crippen LogP contribution is -2.72. The highest BCUT2D eigenvalue weighted by atomic mass is 35.5. The minimum Gasteiger partial charge on any atom is -0.334 e. The van der Waals surface area contributed by atoms with Crippen molar-refractivity contribution >= 4 is 29.4 Å². The van der Waals surface area contributed by atoms with Crippen molar-refractivity contribution in [2.45, 2.75) is 50.5 Å². The number of nitrogens with one attached hydrogen (secondary N) is 1. The molecule has 15 heteroatoms. The molecule has 2 atom stereocenters. The van der Waals surface area contributed by atoms with Gasteiger partial charge in [0.15, 0.2) is 0 Å². The molecule has 2 aliphatic heterocycles. The van der Waals surface area contributed by atoms with Gasteiger partial charge in [0.05, 0.1) is 17.7 Å². The quantitative estimate of drug-likeness (QED) is 0.444. The van der Waals surface area contributed by atoms with Crippen molar-refractivity contribution in [3.05, 3.63) is 69.7 Å². The van der Waals surface area contributed by atoms with Gasteiger partial charge in [0.2, 0.25) is 11.8 Å². The summed E-state index contributed by atoms with van der Waals surface area (Å²) in [6, 6.07) is 6.27. The molecule has 0 unspecified atom stereocenters. The highest BCUT2D eigenvalue weighted by Crippen LogP contribution is 2.36. The summed E-state index contributed by atoms with van der Waals surface area (Å²) >= 11 is 5.98. The summed E-state index contributed by atoms with van der Waals surface area (Å²) in [7, 11) is 3.62. The first-order chi connectivity index (χ1) is 20.0. The molecule has 4 amide bonds. The topological polar surface area (TPSA) is 76.2 Å². The minimum atomic E-state index is -5.03. The standard InChI is InChI=1S/C28H30ClF6N5O3/c1-37(2)9-7-22-25(42)38(15-17-3-5-21(29)6-4-17)16-23-39(10-8-24(41)40(22)23)26(43)36-14-18-11-19(27(30,31)32)13-20(12-18)28(33,34)35/h3-6,11-13,22-23H,7-10,14-16H2,1-2H3,(H,36,43)/t22-,23+/m0/s1. The van der Waals surface area contributed by atoms with Crippen LogP contribution in [-0.4, -0.2) is 83.4 Å². The number of amides is 4. The molecule has 234 valence electrons. The smallest absolute Gasteiger partial charge is 0.334 e. The molecule has 2 aromatic rings. The van der Waals surface area contributed by atoms with Crippen LogP contribution < -0.4 is 5.32 Å². The van der Waals surface area contributed by atoms with Crippen LogP contribution in [0.25, 0.3) is 0 Å². The minimum absolute atomic E-state index is 0.0155. The summed E-state index contributed by atoms with van der Waals surface area (Å²) in [4.78, 5) is 46.1. The summed E-state index contributed by atoms with van der Waals surface area (Å²) in [6.45, 7) is -0.0785. The van der Waals surface area contributed by atoms with Crippen molar-refractivity contribution in [2.24, 2.45) is 0 Å². The van der Waals surface area contributed by atoms with Crippen molar-refractivity contribution in [1.82, 2.24) is 24.9 Å². The van der Waals surface area contributed by atoms with E-state index in [9.17, 15) is 40.7 Å². The second kappa shape index (κ2) is 12.6. The summed E-state index contributed by atoms with van der Waals surface area (Å²) in [5.74, 6) is -0.627. The third kappa shape index (κ3) is 7.71. The van der Waals surface area contributed by atoms with Crippen molar-refractivity contribution in [2.75, 3.05) is 33.7 Å². The number of rotatable bonds is 7. The Morgan fingerprint density at radius 2 is 1.58 bits per heavy atom. The number of halogens is 7. The highest BCUT2D eigenvalue weighted by molar-refractivity contribution is 6.30. The van der Waals surface area contributed by atoms with Gasteiger partial charge in [-0.15, -0.1) is 0 Å². The van der Waals surface area contributed by atoms with E-state index in [1.165, 1.54) is 14.7 Å². The van der Waals surface area contributed by atoms with Gasteiger partial charge in [0.1, 0.15) is 12.2 Å². The van der Waals surface area contributed by atoms with Crippen LogP contribution in [0.2, 0.25) is 5.02 Å². The molecule has 2 aromatic carbocycles. The molecule has 0 spiro atoms. The largest absolute Gasteiger partial charge is 0.416 e. The Kier molecular flexibility index (Phi) is 9.50. The summed E-state index contributed by atoms with van der Waals surface area (Å²) < 4.78 is 79.8. The fraction of sp³-hybridized carbons (Fsp3) is 0.464. The maximum Gasteiger partial charge on any atom is 0.416 e. The zero-order chi connectivity index (χ0) is 31.7. The lowest BCUT2D eigenvalue weighted by Gasteiger charge is -2.52. The lowest BCUT2D eigenvalue weighted by atomic mass is 10.0. The molecule has 0 saturated carbocycles. The van der Waals surface area contributed by atoms with Crippen LogP contribution in [0.15, 0.2) is 42.5 Å². The Balaban J connectivity index is 1.59. The first-order valence-electron chi connectivity index (χ1n) is 13.4. The highest BCUT2D eigenvalue weighted by Gasteiger charge is 2.48. The molecule has 0 radical (unpaired) electrons. The Hall–Kier alpha value is -3.52. The second-order valence-corrected chi connectivity index (χ2v) is 11.2. The van der Waals surface area contributed by atoms with E-state index in [-0.39, 0.29) is 50.4 Å². The van der Waals surface area contributed by atoms with E-state index >= 15 is 0 Å². The van der Waals surface area contributed by atoms with Crippen LogP contribution in [0.5, 0.6) is 0 Å². The van der Waals surface area contributed by atoms with Crippen LogP contribution in [-0.2, 0) is 35.0 Å². The molecule has 43 heavy (non-hydrogen) atoms. The first kappa shape index (κ1) is 32.4. The van der Waals surface area contributed by atoms with Crippen molar-refractivity contribution in [3.63, 3.8) is 0 Å². The third-order valence-corrected chi connectivity index (χ3v) is 7.59. The molecule has 4 rings (SSSR count). The van der Waals surface area contributed by atoms with E-state index in [0.717, 1.165) is 5.56 Å². The molecule has 0 aromatic heterocycles. The van der Waals surface area contributed by atoms with Gasteiger partial charge < -0.3 is 24.9 Å². The SMILES string of the molecule is CN(C)CC[C@H]1C(=O)N(Cc2ccc(Cl)cc2)C[C@@H]2N(C(=O)NCc3cc(C(F)(F)F)cc(C(F)(F)F)c3)CCC(=O)N21. The predicted molar refractivity (Wildman–Crippen MR) is 144 cm³/mol. The molecule has 2 aliphatic rings. The van der Waals surface area contributed by atoms with Crippen LogP contribution in [0, 0.1) is 0 Å². The van der Waals surface area contributed by atoms with E-state index in [1.807, 2.05) is 19.0 Å². The van der Waals surface area contributed by atoms with Crippen LogP contribution in [0.4, 0.5) is 31.1 Å². The molecular formula is C28H30ClF6N5O3. The number of alkyl halides is 6. The maximum absolute atomic E-state index is 13.6. The van der Waals surface area contributed by atoms with E-state index in [4.69, 9.17) is 11.6 Å². The molecule has 0 bridgehead atoms. The average molecular weight is 634 g/mol. The van der Waals surface area contributed by atoms with E-state index in [1.54, 1.807) is 24.3 Å². The Morgan fingerprint density at radius 3 is 2.14 bits per heavy atom. The normalized spacial score (nSPS) is 19.6. The van der Waals surface area contributed by atoms with Gasteiger partial charge in [-0.3, -0.25) is 9.59 Å². The van der Waals surface area contributed by atoms with Gasteiger partial charge in [0.25, 0.3) is 0 Å². The summed E-state index contributed by atoms with van der Waals surface area (Å²) in [5.41, 5.74) is -2.62. The molecule has 2 fully saturated rings.